The smallest absolute Gasteiger partial charge is 0.0465 e. The normalized spacial score (nSPS) is 12.9. The number of hydrogen-bond acceptors (Lipinski definition) is 1. The molecule has 1 nitrogen and oxygen atoms in total. The molecule has 0 saturated carbocycles. The van der Waals surface area contributed by atoms with Gasteiger partial charge in [0.2, 0.25) is 0 Å². The maximum atomic E-state index is 3.79. The van der Waals surface area contributed by atoms with E-state index in [4.69, 9.17) is 0 Å². The molecule has 0 aliphatic heterocycles. The minimum atomic E-state index is 0.453. The molecule has 14 heavy (non-hydrogen) atoms. The Labute approximate surface area is 88.2 Å². The molecule has 0 radical (unpaired) electrons. The van der Waals surface area contributed by atoms with Crippen LogP contribution < -0.4 is 0 Å². The fourth-order valence-corrected chi connectivity index (χ4v) is 2.32. The predicted molar refractivity (Wildman–Crippen MR) is 63.8 cm³/mol. The maximum absolute atomic E-state index is 3.79. The van der Waals surface area contributed by atoms with Gasteiger partial charge in [0.15, 0.2) is 0 Å². The molecule has 1 aromatic carbocycles. The van der Waals surface area contributed by atoms with Crippen molar-refractivity contribution in [3.63, 3.8) is 0 Å². The zero-order valence-electron chi connectivity index (χ0n) is 8.16. The Morgan fingerprint density at radius 1 is 1.43 bits per heavy atom. The number of H-pyrrole nitrogens is 1. The third kappa shape index (κ3) is 1.70. The van der Waals surface area contributed by atoms with E-state index in [0.29, 0.717) is 5.25 Å². The summed E-state index contributed by atoms with van der Waals surface area (Å²) in [5.41, 5.74) is 1.20. The fraction of sp³-hybridized carbons (Fsp3) is 0.167. The van der Waals surface area contributed by atoms with Gasteiger partial charge >= 0.3 is 0 Å². The topological polar surface area (TPSA) is 15.8 Å². The van der Waals surface area contributed by atoms with Crippen LogP contribution in [0.5, 0.6) is 0 Å². The van der Waals surface area contributed by atoms with Gasteiger partial charge < -0.3 is 4.98 Å². The molecule has 0 aliphatic carbocycles. The average molecular weight is 203 g/mol. The molecule has 2 rings (SSSR count). The van der Waals surface area contributed by atoms with E-state index in [-0.39, 0.29) is 0 Å². The molecule has 0 spiro atoms. The van der Waals surface area contributed by atoms with Crippen molar-refractivity contribution < 1.29 is 0 Å². The van der Waals surface area contributed by atoms with Crippen molar-refractivity contribution in [3.05, 3.63) is 43.1 Å². The number of thioether (sulfide) groups is 1. The molecule has 1 heterocycles. The summed E-state index contributed by atoms with van der Waals surface area (Å²) in [6.07, 6.45) is 4.03. The van der Waals surface area contributed by atoms with Crippen molar-refractivity contribution in [2.45, 2.75) is 17.1 Å². The van der Waals surface area contributed by atoms with Crippen LogP contribution in [0, 0.1) is 0 Å². The standard InChI is InChI=1S/C12H13NS/c1-3-9(2)14-12-8-13-11-7-5-4-6-10(11)12/h3-9,13H,1H2,2H3. The van der Waals surface area contributed by atoms with Crippen molar-refractivity contribution in [2.75, 3.05) is 0 Å². The van der Waals surface area contributed by atoms with E-state index in [9.17, 15) is 0 Å². The van der Waals surface area contributed by atoms with Crippen molar-refractivity contribution in [3.8, 4) is 0 Å². The van der Waals surface area contributed by atoms with E-state index >= 15 is 0 Å². The van der Waals surface area contributed by atoms with Gasteiger partial charge in [-0.3, -0.25) is 0 Å². The summed E-state index contributed by atoms with van der Waals surface area (Å²) in [5.74, 6) is 0. The molecule has 0 bridgehead atoms. The number of para-hydroxylation sites is 1. The van der Waals surface area contributed by atoms with Crippen LogP contribution in [-0.2, 0) is 0 Å². The Hall–Kier alpha value is -1.15. The third-order valence-corrected chi connectivity index (χ3v) is 3.35. The lowest BCUT2D eigenvalue weighted by atomic mass is 10.2. The van der Waals surface area contributed by atoms with Crippen LogP contribution in [0.1, 0.15) is 6.92 Å². The maximum Gasteiger partial charge on any atom is 0.0465 e. The summed E-state index contributed by atoms with van der Waals surface area (Å²) in [6.45, 7) is 5.94. The Kier molecular flexibility index (Phi) is 2.64. The number of rotatable bonds is 3. The first-order valence-corrected chi connectivity index (χ1v) is 5.54. The van der Waals surface area contributed by atoms with Gasteiger partial charge in [0.1, 0.15) is 0 Å². The summed E-state index contributed by atoms with van der Waals surface area (Å²) in [4.78, 5) is 4.56. The van der Waals surface area contributed by atoms with E-state index < -0.39 is 0 Å². The Morgan fingerprint density at radius 3 is 3.00 bits per heavy atom. The highest BCUT2D eigenvalue weighted by Gasteiger charge is 2.05. The molecule has 0 aliphatic rings. The van der Waals surface area contributed by atoms with Crippen LogP contribution in [0.2, 0.25) is 0 Å². The van der Waals surface area contributed by atoms with Crippen LogP contribution in [0.15, 0.2) is 48.0 Å². The number of aromatic nitrogens is 1. The number of benzene rings is 1. The first-order chi connectivity index (χ1) is 6.81. The highest BCUT2D eigenvalue weighted by molar-refractivity contribution is 8.00. The average Bonchev–Trinajstić information content (AvgIpc) is 2.62. The third-order valence-electron chi connectivity index (χ3n) is 2.20. The summed E-state index contributed by atoms with van der Waals surface area (Å²) in [6, 6.07) is 8.35. The van der Waals surface area contributed by atoms with Gasteiger partial charge in [0.05, 0.1) is 0 Å². The van der Waals surface area contributed by atoms with Crippen LogP contribution in [-0.4, -0.2) is 10.2 Å². The van der Waals surface area contributed by atoms with Crippen molar-refractivity contribution in [2.24, 2.45) is 0 Å². The van der Waals surface area contributed by atoms with Gasteiger partial charge in [-0.15, -0.1) is 18.3 Å². The molecule has 0 amide bonds. The quantitative estimate of drug-likeness (QED) is 0.592. The van der Waals surface area contributed by atoms with Crippen molar-refractivity contribution in [1.82, 2.24) is 4.98 Å². The Balaban J connectivity index is 2.38. The Morgan fingerprint density at radius 2 is 2.21 bits per heavy atom. The van der Waals surface area contributed by atoms with Crippen molar-refractivity contribution >= 4 is 22.7 Å². The molecule has 72 valence electrons. The number of aromatic amines is 1. The lowest BCUT2D eigenvalue weighted by Gasteiger charge is -2.03. The van der Waals surface area contributed by atoms with Gasteiger partial charge in [-0.25, -0.2) is 0 Å². The van der Waals surface area contributed by atoms with Gasteiger partial charge in [-0.05, 0) is 13.0 Å². The molecule has 0 fully saturated rings. The van der Waals surface area contributed by atoms with Crippen LogP contribution >= 0.6 is 11.8 Å². The summed E-state index contributed by atoms with van der Waals surface area (Å²) >= 11 is 1.83. The molecule has 1 unspecified atom stereocenters. The molecule has 0 saturated heterocycles. The van der Waals surface area contributed by atoms with Gasteiger partial charge in [0.25, 0.3) is 0 Å². The number of nitrogens with one attached hydrogen (secondary N) is 1. The Bertz CT molecular complexity index is 444. The van der Waals surface area contributed by atoms with Crippen molar-refractivity contribution in [1.29, 1.82) is 0 Å². The number of hydrogen-bond donors (Lipinski definition) is 1. The van der Waals surface area contributed by atoms with E-state index in [1.807, 2.05) is 23.9 Å². The SMILES string of the molecule is C=CC(C)Sc1c[nH]c2ccccc12. The lowest BCUT2D eigenvalue weighted by Crippen LogP contribution is -1.86. The highest BCUT2D eigenvalue weighted by Crippen LogP contribution is 2.30. The second-order valence-corrected chi connectivity index (χ2v) is 4.68. The molecule has 2 heteroatoms. The summed E-state index contributed by atoms with van der Waals surface area (Å²) < 4.78 is 0. The van der Waals surface area contributed by atoms with Crippen LogP contribution in [0.25, 0.3) is 10.9 Å². The van der Waals surface area contributed by atoms with E-state index in [1.54, 1.807) is 0 Å². The second kappa shape index (κ2) is 3.93. The minimum absolute atomic E-state index is 0.453. The zero-order chi connectivity index (χ0) is 9.97. The fourth-order valence-electron chi connectivity index (χ4n) is 1.39. The second-order valence-electron chi connectivity index (χ2n) is 3.26. The van der Waals surface area contributed by atoms with Gasteiger partial charge in [-0.1, -0.05) is 24.3 Å². The number of fused-ring (bicyclic) bond motifs is 1. The predicted octanol–water partition coefficient (Wildman–Crippen LogP) is 3.83. The van der Waals surface area contributed by atoms with Gasteiger partial charge in [-0.2, -0.15) is 0 Å². The molecule has 1 N–H and O–H groups in total. The zero-order valence-corrected chi connectivity index (χ0v) is 8.97. The van der Waals surface area contributed by atoms with Crippen LogP contribution in [0.4, 0.5) is 0 Å². The van der Waals surface area contributed by atoms with E-state index in [1.165, 1.54) is 15.8 Å². The summed E-state index contributed by atoms with van der Waals surface area (Å²) in [7, 11) is 0. The first kappa shape index (κ1) is 9.41. The monoisotopic (exact) mass is 203 g/mol. The van der Waals surface area contributed by atoms with E-state index in [0.717, 1.165) is 0 Å². The molecule has 2 aromatic rings. The van der Waals surface area contributed by atoms with E-state index in [2.05, 4.69) is 42.9 Å². The molecule has 1 aromatic heterocycles. The highest BCUT2D eigenvalue weighted by atomic mass is 32.2. The minimum Gasteiger partial charge on any atom is -0.360 e. The molecular formula is C12H13NS. The largest absolute Gasteiger partial charge is 0.360 e. The molecular weight excluding hydrogens is 190 g/mol. The van der Waals surface area contributed by atoms with Crippen LogP contribution in [0.3, 0.4) is 0 Å². The van der Waals surface area contributed by atoms with Gasteiger partial charge in [0, 0.05) is 27.2 Å². The first-order valence-electron chi connectivity index (χ1n) is 4.66. The lowest BCUT2D eigenvalue weighted by molar-refractivity contribution is 1.25. The molecule has 1 atom stereocenters. The summed E-state index contributed by atoms with van der Waals surface area (Å²) in [5, 5.41) is 1.75.